The summed E-state index contributed by atoms with van der Waals surface area (Å²) in [5.74, 6) is -0.785. The molecule has 0 radical (unpaired) electrons. The average Bonchev–Trinajstić information content (AvgIpc) is 3.31. The number of hydrogen-bond donors (Lipinski definition) is 1. The lowest BCUT2D eigenvalue weighted by Gasteiger charge is -2.27. The van der Waals surface area contributed by atoms with Crippen LogP contribution in [-0.2, 0) is 30.6 Å². The van der Waals surface area contributed by atoms with Crippen molar-refractivity contribution < 1.29 is 9.90 Å². The molecule has 0 aliphatic carbocycles. The van der Waals surface area contributed by atoms with Crippen molar-refractivity contribution in [2.45, 2.75) is 38.3 Å². The zero-order valence-electron chi connectivity index (χ0n) is 16.0. The second-order valence-electron chi connectivity index (χ2n) is 7.65. The van der Waals surface area contributed by atoms with Crippen LogP contribution in [0.4, 0.5) is 0 Å². The van der Waals surface area contributed by atoms with E-state index in [0.717, 1.165) is 53.7 Å². The van der Waals surface area contributed by atoms with Crippen molar-refractivity contribution in [3.8, 4) is 0 Å². The molecule has 2 aromatic carbocycles. The van der Waals surface area contributed by atoms with E-state index in [1.807, 2.05) is 42.6 Å². The van der Waals surface area contributed by atoms with Crippen molar-refractivity contribution in [3.63, 3.8) is 0 Å². The van der Waals surface area contributed by atoms with E-state index in [2.05, 4.69) is 37.8 Å². The number of aliphatic carboxylic acids is 1. The van der Waals surface area contributed by atoms with Crippen LogP contribution in [0.2, 0.25) is 0 Å². The van der Waals surface area contributed by atoms with Crippen molar-refractivity contribution in [2.24, 2.45) is 0 Å². The highest BCUT2D eigenvalue weighted by molar-refractivity contribution is 5.89. The zero-order chi connectivity index (χ0) is 19.8. The molecule has 3 heterocycles. The fraction of sp³-hybridized carbons (Fsp3) is 0.261. The van der Waals surface area contributed by atoms with Crippen molar-refractivity contribution >= 4 is 16.9 Å². The molecule has 6 nitrogen and oxygen atoms in total. The van der Waals surface area contributed by atoms with E-state index in [1.54, 1.807) is 0 Å². The topological polar surface area (TPSA) is 72.9 Å². The summed E-state index contributed by atoms with van der Waals surface area (Å²) in [6, 6.07) is 18.7. The standard InChI is InChI=1S/C23H22N4O2/c28-23(29)13-20-19-8-4-5-9-21(19)26-15-17(10-11-22(20)26)27-18(14-24-25-27)12-16-6-2-1-3-7-16/h1-9,14,17H,10-13,15H2,(H,28,29). The third kappa shape index (κ3) is 3.20. The lowest BCUT2D eigenvalue weighted by molar-refractivity contribution is -0.136. The Morgan fingerprint density at radius 3 is 2.72 bits per heavy atom. The highest BCUT2D eigenvalue weighted by atomic mass is 16.4. The first-order chi connectivity index (χ1) is 14.2. The Morgan fingerprint density at radius 2 is 1.90 bits per heavy atom. The average molecular weight is 386 g/mol. The van der Waals surface area contributed by atoms with Gasteiger partial charge < -0.3 is 9.67 Å². The van der Waals surface area contributed by atoms with Crippen LogP contribution in [0.5, 0.6) is 0 Å². The second kappa shape index (κ2) is 7.20. The van der Waals surface area contributed by atoms with Crippen LogP contribution in [0.15, 0.2) is 60.8 Å². The monoisotopic (exact) mass is 386 g/mol. The van der Waals surface area contributed by atoms with E-state index in [0.29, 0.717) is 0 Å². The van der Waals surface area contributed by atoms with Crippen LogP contribution in [0, 0.1) is 0 Å². The first-order valence-electron chi connectivity index (χ1n) is 9.94. The van der Waals surface area contributed by atoms with Gasteiger partial charge in [-0.2, -0.15) is 0 Å². The predicted molar refractivity (Wildman–Crippen MR) is 110 cm³/mol. The minimum atomic E-state index is -0.785. The number of para-hydroxylation sites is 1. The van der Waals surface area contributed by atoms with E-state index in [-0.39, 0.29) is 12.5 Å². The molecule has 0 saturated heterocycles. The molecule has 1 aliphatic rings. The highest BCUT2D eigenvalue weighted by Crippen LogP contribution is 2.34. The molecule has 4 aromatic rings. The zero-order valence-corrected chi connectivity index (χ0v) is 16.0. The van der Waals surface area contributed by atoms with E-state index in [4.69, 9.17) is 0 Å². The van der Waals surface area contributed by atoms with Crippen LogP contribution in [0.1, 0.15) is 35.0 Å². The number of rotatable bonds is 5. The Balaban J connectivity index is 1.50. The van der Waals surface area contributed by atoms with Gasteiger partial charge >= 0.3 is 5.97 Å². The molecule has 0 bridgehead atoms. The molecular formula is C23H22N4O2. The maximum absolute atomic E-state index is 11.4. The fourth-order valence-corrected chi connectivity index (χ4v) is 4.58. The minimum absolute atomic E-state index is 0.0656. The van der Waals surface area contributed by atoms with E-state index in [1.165, 1.54) is 5.56 Å². The number of fused-ring (bicyclic) bond motifs is 3. The molecule has 0 fully saturated rings. The van der Waals surface area contributed by atoms with Crippen LogP contribution in [0.3, 0.4) is 0 Å². The van der Waals surface area contributed by atoms with E-state index < -0.39 is 5.97 Å². The number of carboxylic acid groups (broad SMARTS) is 1. The molecule has 1 atom stereocenters. The molecular weight excluding hydrogens is 364 g/mol. The SMILES string of the molecule is O=C(O)Cc1c2n(c3ccccc13)CC(n1nncc1Cc1ccccc1)CC2. The molecule has 146 valence electrons. The van der Waals surface area contributed by atoms with Crippen molar-refractivity contribution in [1.82, 2.24) is 19.6 Å². The quantitative estimate of drug-likeness (QED) is 0.568. The highest BCUT2D eigenvalue weighted by Gasteiger charge is 2.27. The second-order valence-corrected chi connectivity index (χ2v) is 7.65. The Morgan fingerprint density at radius 1 is 1.10 bits per heavy atom. The fourth-order valence-electron chi connectivity index (χ4n) is 4.58. The molecule has 5 rings (SSSR count). The predicted octanol–water partition coefficient (Wildman–Crippen LogP) is 3.64. The summed E-state index contributed by atoms with van der Waals surface area (Å²) in [4.78, 5) is 11.4. The van der Waals surface area contributed by atoms with Crippen molar-refractivity contribution in [2.75, 3.05) is 0 Å². The van der Waals surface area contributed by atoms with Gasteiger partial charge in [-0.15, -0.1) is 5.10 Å². The summed E-state index contributed by atoms with van der Waals surface area (Å²) in [7, 11) is 0. The summed E-state index contributed by atoms with van der Waals surface area (Å²) in [6.45, 7) is 0.778. The molecule has 1 N–H and O–H groups in total. The van der Waals surface area contributed by atoms with Gasteiger partial charge in [-0.1, -0.05) is 53.7 Å². The summed E-state index contributed by atoms with van der Waals surface area (Å²) >= 11 is 0. The van der Waals surface area contributed by atoms with Gasteiger partial charge in [-0.3, -0.25) is 4.79 Å². The molecule has 29 heavy (non-hydrogen) atoms. The van der Waals surface area contributed by atoms with E-state index >= 15 is 0 Å². The Hall–Kier alpha value is -3.41. The normalized spacial score (nSPS) is 16.1. The van der Waals surface area contributed by atoms with Crippen LogP contribution < -0.4 is 0 Å². The summed E-state index contributed by atoms with van der Waals surface area (Å²) in [5, 5.41) is 19.0. The summed E-state index contributed by atoms with van der Waals surface area (Å²) < 4.78 is 4.34. The number of carboxylic acids is 1. The lowest BCUT2D eigenvalue weighted by Crippen LogP contribution is -2.26. The Labute approximate surface area is 168 Å². The number of aromatic nitrogens is 4. The first-order valence-corrected chi connectivity index (χ1v) is 9.94. The van der Waals surface area contributed by atoms with Gasteiger partial charge in [-0.25, -0.2) is 4.68 Å². The molecule has 2 aromatic heterocycles. The lowest BCUT2D eigenvalue weighted by atomic mass is 10.00. The third-order valence-corrected chi connectivity index (χ3v) is 5.85. The summed E-state index contributed by atoms with van der Waals surface area (Å²) in [6.07, 6.45) is 4.48. The Bertz CT molecular complexity index is 1180. The Kier molecular flexibility index (Phi) is 4.39. The maximum atomic E-state index is 11.4. The number of benzene rings is 2. The molecule has 6 heteroatoms. The largest absolute Gasteiger partial charge is 0.481 e. The van der Waals surface area contributed by atoms with Gasteiger partial charge in [0, 0.05) is 29.6 Å². The molecule has 1 aliphatic heterocycles. The van der Waals surface area contributed by atoms with Crippen LogP contribution in [0.25, 0.3) is 10.9 Å². The molecule has 0 spiro atoms. The van der Waals surface area contributed by atoms with Crippen molar-refractivity contribution in [1.29, 1.82) is 0 Å². The van der Waals surface area contributed by atoms with Gasteiger partial charge in [0.2, 0.25) is 0 Å². The first kappa shape index (κ1) is 17.7. The van der Waals surface area contributed by atoms with Crippen molar-refractivity contribution in [3.05, 3.63) is 83.3 Å². The van der Waals surface area contributed by atoms with Gasteiger partial charge in [0.15, 0.2) is 0 Å². The van der Waals surface area contributed by atoms with Gasteiger partial charge in [-0.05, 0) is 30.0 Å². The number of carbonyl (C=O) groups is 1. The molecule has 1 unspecified atom stereocenters. The number of nitrogens with zero attached hydrogens (tertiary/aromatic N) is 4. The van der Waals surface area contributed by atoms with E-state index in [9.17, 15) is 9.90 Å². The number of hydrogen-bond acceptors (Lipinski definition) is 3. The van der Waals surface area contributed by atoms with Gasteiger partial charge in [0.25, 0.3) is 0 Å². The van der Waals surface area contributed by atoms with Gasteiger partial charge in [0.1, 0.15) is 0 Å². The summed E-state index contributed by atoms with van der Waals surface area (Å²) in [5.41, 5.74) is 5.55. The molecule has 0 amide bonds. The van der Waals surface area contributed by atoms with Gasteiger partial charge in [0.05, 0.1) is 24.4 Å². The molecule has 0 saturated carbocycles. The van der Waals surface area contributed by atoms with Crippen LogP contribution >= 0.6 is 0 Å². The third-order valence-electron chi connectivity index (χ3n) is 5.85. The maximum Gasteiger partial charge on any atom is 0.307 e. The smallest absolute Gasteiger partial charge is 0.307 e. The minimum Gasteiger partial charge on any atom is -0.481 e. The van der Waals surface area contributed by atoms with Crippen LogP contribution in [-0.4, -0.2) is 30.6 Å².